The molecule has 0 amide bonds. The standard InChI is InChI=1S/C17H21N7O4/c1-8(2)11(7-25)19-17-20-14(13-15(21-17)24(3)23-22-13)18-9-4-5-12(26)10(6-9)16(27)28/h4-6,8,11,25-26H,7H2,1-3H3,(H,27,28)(H2,18,19,20,21). The van der Waals surface area contributed by atoms with Crippen LogP contribution in [0.4, 0.5) is 17.5 Å². The van der Waals surface area contributed by atoms with E-state index in [0.29, 0.717) is 22.7 Å². The smallest absolute Gasteiger partial charge is 0.339 e. The minimum atomic E-state index is -1.25. The van der Waals surface area contributed by atoms with Crippen molar-refractivity contribution in [3.63, 3.8) is 0 Å². The van der Waals surface area contributed by atoms with Crippen LogP contribution in [0.25, 0.3) is 11.2 Å². The number of nitrogens with zero attached hydrogens (tertiary/aromatic N) is 5. The van der Waals surface area contributed by atoms with Crippen LogP contribution in [-0.2, 0) is 7.05 Å². The second-order valence-corrected chi connectivity index (χ2v) is 6.62. The number of anilines is 3. The lowest BCUT2D eigenvalue weighted by Crippen LogP contribution is -2.30. The normalized spacial score (nSPS) is 12.3. The number of fused-ring (bicyclic) bond motifs is 1. The van der Waals surface area contributed by atoms with E-state index in [0.717, 1.165) is 0 Å². The van der Waals surface area contributed by atoms with Crippen molar-refractivity contribution in [1.29, 1.82) is 0 Å². The Morgan fingerprint density at radius 1 is 1.29 bits per heavy atom. The van der Waals surface area contributed by atoms with Gasteiger partial charge < -0.3 is 26.0 Å². The van der Waals surface area contributed by atoms with E-state index in [-0.39, 0.29) is 35.8 Å². The van der Waals surface area contributed by atoms with E-state index in [1.54, 1.807) is 7.05 Å². The molecule has 1 atom stereocenters. The summed E-state index contributed by atoms with van der Waals surface area (Å²) in [6, 6.07) is 3.84. The predicted molar refractivity (Wildman–Crippen MR) is 102 cm³/mol. The van der Waals surface area contributed by atoms with E-state index >= 15 is 0 Å². The molecule has 3 rings (SSSR count). The zero-order chi connectivity index (χ0) is 20.4. The monoisotopic (exact) mass is 387 g/mol. The van der Waals surface area contributed by atoms with Gasteiger partial charge in [0, 0.05) is 12.7 Å². The van der Waals surface area contributed by atoms with Crippen LogP contribution in [0.3, 0.4) is 0 Å². The molecule has 0 aliphatic heterocycles. The van der Waals surface area contributed by atoms with Crippen LogP contribution in [0.15, 0.2) is 18.2 Å². The molecular formula is C17H21N7O4. The zero-order valence-electron chi connectivity index (χ0n) is 15.6. The molecule has 0 fully saturated rings. The zero-order valence-corrected chi connectivity index (χ0v) is 15.6. The molecule has 148 valence electrons. The van der Waals surface area contributed by atoms with E-state index in [4.69, 9.17) is 0 Å². The quantitative estimate of drug-likeness (QED) is 0.374. The molecule has 0 saturated carbocycles. The van der Waals surface area contributed by atoms with Crippen molar-refractivity contribution in [2.24, 2.45) is 13.0 Å². The summed E-state index contributed by atoms with van der Waals surface area (Å²) < 4.78 is 1.48. The lowest BCUT2D eigenvalue weighted by molar-refractivity contribution is 0.0694. The summed E-state index contributed by atoms with van der Waals surface area (Å²) in [5.74, 6) is -0.872. The fourth-order valence-corrected chi connectivity index (χ4v) is 2.58. The topological polar surface area (TPSA) is 158 Å². The molecule has 2 aromatic heterocycles. The number of aromatic hydroxyl groups is 1. The Hall–Kier alpha value is -3.47. The minimum absolute atomic E-state index is 0.0919. The number of rotatable bonds is 7. The molecule has 5 N–H and O–H groups in total. The number of carboxylic acids is 1. The molecular weight excluding hydrogens is 366 g/mol. The largest absolute Gasteiger partial charge is 0.507 e. The molecule has 11 heteroatoms. The van der Waals surface area contributed by atoms with Gasteiger partial charge in [0.2, 0.25) is 5.95 Å². The lowest BCUT2D eigenvalue weighted by Gasteiger charge is -2.20. The summed E-state index contributed by atoms with van der Waals surface area (Å²) in [4.78, 5) is 20.0. The van der Waals surface area contributed by atoms with Crippen molar-refractivity contribution in [2.75, 3.05) is 17.2 Å². The molecule has 0 saturated heterocycles. The van der Waals surface area contributed by atoms with Gasteiger partial charge in [0.1, 0.15) is 11.3 Å². The summed E-state index contributed by atoms with van der Waals surface area (Å²) in [6.45, 7) is 3.83. The Morgan fingerprint density at radius 2 is 2.04 bits per heavy atom. The Kier molecular flexibility index (Phi) is 5.27. The third-order valence-corrected chi connectivity index (χ3v) is 4.26. The SMILES string of the molecule is CC(C)C(CO)Nc1nc(Nc2ccc(O)c(C(=O)O)c2)c2nnn(C)c2n1. The van der Waals surface area contributed by atoms with Gasteiger partial charge in [-0.15, -0.1) is 5.10 Å². The van der Waals surface area contributed by atoms with E-state index in [1.807, 2.05) is 13.8 Å². The van der Waals surface area contributed by atoms with Crippen LogP contribution in [0.5, 0.6) is 5.75 Å². The number of aliphatic hydroxyl groups is 1. The number of aliphatic hydroxyl groups excluding tert-OH is 1. The maximum atomic E-state index is 11.2. The Bertz CT molecular complexity index is 1020. The lowest BCUT2D eigenvalue weighted by atomic mass is 10.1. The van der Waals surface area contributed by atoms with Crippen LogP contribution >= 0.6 is 0 Å². The number of hydrogen-bond donors (Lipinski definition) is 5. The van der Waals surface area contributed by atoms with Gasteiger partial charge in [0.05, 0.1) is 12.6 Å². The van der Waals surface area contributed by atoms with Crippen LogP contribution in [0, 0.1) is 5.92 Å². The van der Waals surface area contributed by atoms with Crippen LogP contribution in [0.2, 0.25) is 0 Å². The minimum Gasteiger partial charge on any atom is -0.507 e. The molecule has 0 aliphatic carbocycles. The molecule has 28 heavy (non-hydrogen) atoms. The number of aromatic nitrogens is 5. The molecule has 0 aliphatic rings. The van der Waals surface area contributed by atoms with Gasteiger partial charge in [-0.2, -0.15) is 9.97 Å². The van der Waals surface area contributed by atoms with E-state index < -0.39 is 5.97 Å². The van der Waals surface area contributed by atoms with Gasteiger partial charge in [-0.3, -0.25) is 0 Å². The Labute approximate surface area is 160 Å². The van der Waals surface area contributed by atoms with Gasteiger partial charge in [-0.1, -0.05) is 19.1 Å². The van der Waals surface area contributed by atoms with E-state index in [2.05, 4.69) is 30.9 Å². The first-order chi connectivity index (χ1) is 13.3. The predicted octanol–water partition coefficient (Wildman–Crippen LogP) is 1.33. The average molecular weight is 387 g/mol. The molecule has 1 aromatic carbocycles. The number of aromatic carboxylic acids is 1. The van der Waals surface area contributed by atoms with E-state index in [1.165, 1.54) is 22.9 Å². The van der Waals surface area contributed by atoms with Crippen LogP contribution in [0.1, 0.15) is 24.2 Å². The first kappa shape index (κ1) is 19.3. The van der Waals surface area contributed by atoms with Gasteiger partial charge in [0.15, 0.2) is 17.0 Å². The number of carbonyl (C=O) groups is 1. The molecule has 0 spiro atoms. The molecule has 0 radical (unpaired) electrons. The van der Waals surface area contributed by atoms with Gasteiger partial charge in [-0.05, 0) is 24.1 Å². The van der Waals surface area contributed by atoms with Crippen molar-refractivity contribution >= 4 is 34.6 Å². The summed E-state index contributed by atoms with van der Waals surface area (Å²) >= 11 is 0. The summed E-state index contributed by atoms with van der Waals surface area (Å²) in [5, 5.41) is 42.5. The number of phenols is 1. The summed E-state index contributed by atoms with van der Waals surface area (Å²) in [6.07, 6.45) is 0. The molecule has 2 heterocycles. The Morgan fingerprint density at radius 3 is 2.68 bits per heavy atom. The highest BCUT2D eigenvalue weighted by Gasteiger charge is 2.18. The molecule has 0 bridgehead atoms. The Balaban J connectivity index is 2.02. The third kappa shape index (κ3) is 3.78. The third-order valence-electron chi connectivity index (χ3n) is 4.26. The molecule has 11 nitrogen and oxygen atoms in total. The average Bonchev–Trinajstić information content (AvgIpc) is 3.02. The van der Waals surface area contributed by atoms with Crippen molar-refractivity contribution in [1.82, 2.24) is 25.0 Å². The molecule has 1 unspecified atom stereocenters. The van der Waals surface area contributed by atoms with Crippen molar-refractivity contribution in [3.05, 3.63) is 23.8 Å². The summed E-state index contributed by atoms with van der Waals surface area (Å²) in [7, 11) is 1.69. The number of nitrogens with one attached hydrogen (secondary N) is 2. The van der Waals surface area contributed by atoms with Crippen LogP contribution < -0.4 is 10.6 Å². The first-order valence-electron chi connectivity index (χ1n) is 8.58. The van der Waals surface area contributed by atoms with Gasteiger partial charge >= 0.3 is 5.97 Å². The summed E-state index contributed by atoms with van der Waals surface area (Å²) in [5.41, 5.74) is 1.00. The van der Waals surface area contributed by atoms with E-state index in [9.17, 15) is 20.1 Å². The second kappa shape index (κ2) is 7.64. The van der Waals surface area contributed by atoms with Crippen molar-refractivity contribution < 1.29 is 20.1 Å². The fourth-order valence-electron chi connectivity index (χ4n) is 2.58. The maximum absolute atomic E-state index is 11.2. The fraction of sp³-hybridized carbons (Fsp3) is 0.353. The number of hydrogen-bond acceptors (Lipinski definition) is 9. The second-order valence-electron chi connectivity index (χ2n) is 6.62. The maximum Gasteiger partial charge on any atom is 0.339 e. The number of aryl methyl sites for hydroxylation is 1. The highest BCUT2D eigenvalue weighted by molar-refractivity contribution is 5.93. The highest BCUT2D eigenvalue weighted by Crippen LogP contribution is 2.27. The number of carboxylic acid groups (broad SMARTS) is 1. The highest BCUT2D eigenvalue weighted by atomic mass is 16.4. The van der Waals surface area contributed by atoms with Crippen LogP contribution in [-0.4, -0.2) is 58.9 Å². The number of benzene rings is 1. The first-order valence-corrected chi connectivity index (χ1v) is 8.58. The van der Waals surface area contributed by atoms with Crippen molar-refractivity contribution in [3.8, 4) is 5.75 Å². The van der Waals surface area contributed by atoms with Crippen molar-refractivity contribution in [2.45, 2.75) is 19.9 Å². The van der Waals surface area contributed by atoms with Gasteiger partial charge in [-0.25, -0.2) is 9.48 Å². The van der Waals surface area contributed by atoms with Gasteiger partial charge in [0.25, 0.3) is 0 Å². The molecule has 3 aromatic rings.